The van der Waals surface area contributed by atoms with E-state index in [1.54, 1.807) is 7.11 Å². The number of hydrogen-bond acceptors (Lipinski definition) is 6. The third-order valence-electron chi connectivity index (χ3n) is 5.64. The van der Waals surface area contributed by atoms with E-state index in [4.69, 9.17) is 4.74 Å². The van der Waals surface area contributed by atoms with Crippen molar-refractivity contribution in [3.8, 4) is 5.88 Å². The number of carbonyl (C=O) groups is 1. The van der Waals surface area contributed by atoms with E-state index in [0.29, 0.717) is 12.4 Å². The van der Waals surface area contributed by atoms with Crippen molar-refractivity contribution in [3.63, 3.8) is 0 Å². The second-order valence-electron chi connectivity index (χ2n) is 7.37. The first-order valence-corrected chi connectivity index (χ1v) is 9.96. The first kappa shape index (κ1) is 18.5. The summed E-state index contributed by atoms with van der Waals surface area (Å²) in [6.45, 7) is 4.96. The Bertz CT molecular complexity index is 775. The number of para-hydroxylation sites is 1. The van der Waals surface area contributed by atoms with E-state index in [1.165, 1.54) is 5.69 Å². The molecule has 2 saturated heterocycles. The second kappa shape index (κ2) is 8.46. The molecule has 2 fully saturated rings. The molecular weight excluding hydrogens is 354 g/mol. The maximum Gasteiger partial charge on any atom is 0.233 e. The van der Waals surface area contributed by atoms with Crippen LogP contribution in [0.15, 0.2) is 42.5 Å². The van der Waals surface area contributed by atoms with Crippen molar-refractivity contribution in [3.05, 3.63) is 42.5 Å². The number of methoxy groups -OCH3 is 1. The SMILES string of the molecule is COc1ccc(N2CCC[C@H](C(=O)N3CCN(c4ccccc4)CC3)C2)nn1. The topological polar surface area (TPSA) is 61.8 Å². The lowest BCUT2D eigenvalue weighted by molar-refractivity contribution is -0.136. The van der Waals surface area contributed by atoms with Crippen molar-refractivity contribution in [2.24, 2.45) is 5.92 Å². The van der Waals surface area contributed by atoms with Crippen LogP contribution in [0.2, 0.25) is 0 Å². The fourth-order valence-corrected chi connectivity index (χ4v) is 4.06. The lowest BCUT2D eigenvalue weighted by atomic mass is 9.96. The number of benzene rings is 1. The van der Waals surface area contributed by atoms with Gasteiger partial charge in [-0.05, 0) is 31.0 Å². The van der Waals surface area contributed by atoms with Gasteiger partial charge in [0.15, 0.2) is 5.82 Å². The monoisotopic (exact) mass is 381 g/mol. The van der Waals surface area contributed by atoms with Gasteiger partial charge in [-0.3, -0.25) is 4.79 Å². The number of nitrogens with zero attached hydrogens (tertiary/aromatic N) is 5. The van der Waals surface area contributed by atoms with Crippen molar-refractivity contribution >= 4 is 17.4 Å². The van der Waals surface area contributed by atoms with Crippen molar-refractivity contribution < 1.29 is 9.53 Å². The van der Waals surface area contributed by atoms with Gasteiger partial charge in [0.25, 0.3) is 0 Å². The molecular formula is C21H27N5O2. The minimum Gasteiger partial charge on any atom is -0.480 e. The van der Waals surface area contributed by atoms with E-state index < -0.39 is 0 Å². The molecule has 0 aliphatic carbocycles. The third-order valence-corrected chi connectivity index (χ3v) is 5.64. The molecule has 1 aromatic heterocycles. The Morgan fingerprint density at radius 3 is 2.43 bits per heavy atom. The van der Waals surface area contributed by atoms with Gasteiger partial charge in [-0.15, -0.1) is 10.2 Å². The van der Waals surface area contributed by atoms with Crippen molar-refractivity contribution in [2.45, 2.75) is 12.8 Å². The normalized spacial score (nSPS) is 20.2. The zero-order valence-corrected chi connectivity index (χ0v) is 16.3. The van der Waals surface area contributed by atoms with Crippen LogP contribution >= 0.6 is 0 Å². The molecule has 148 valence electrons. The van der Waals surface area contributed by atoms with Gasteiger partial charge in [0.1, 0.15) is 0 Å². The molecule has 0 saturated carbocycles. The summed E-state index contributed by atoms with van der Waals surface area (Å²) >= 11 is 0. The van der Waals surface area contributed by atoms with Crippen LogP contribution in [0, 0.1) is 5.92 Å². The largest absolute Gasteiger partial charge is 0.480 e. The molecule has 1 atom stereocenters. The first-order valence-electron chi connectivity index (χ1n) is 9.96. The number of ether oxygens (including phenoxy) is 1. The van der Waals surface area contributed by atoms with E-state index in [2.05, 4.69) is 44.3 Å². The summed E-state index contributed by atoms with van der Waals surface area (Å²) in [6.07, 6.45) is 1.94. The van der Waals surface area contributed by atoms with Crippen LogP contribution in [0.1, 0.15) is 12.8 Å². The van der Waals surface area contributed by atoms with E-state index in [-0.39, 0.29) is 11.8 Å². The number of anilines is 2. The van der Waals surface area contributed by atoms with Crippen molar-refractivity contribution in [2.75, 3.05) is 56.2 Å². The highest BCUT2D eigenvalue weighted by Crippen LogP contribution is 2.24. The van der Waals surface area contributed by atoms with Gasteiger partial charge in [0.2, 0.25) is 11.8 Å². The number of amides is 1. The third kappa shape index (κ3) is 4.03. The van der Waals surface area contributed by atoms with Gasteiger partial charge in [0.05, 0.1) is 13.0 Å². The minimum atomic E-state index is 0.0286. The number of piperidine rings is 1. The molecule has 1 amide bonds. The van der Waals surface area contributed by atoms with Crippen molar-refractivity contribution in [1.82, 2.24) is 15.1 Å². The minimum absolute atomic E-state index is 0.0286. The average molecular weight is 381 g/mol. The lowest BCUT2D eigenvalue weighted by Crippen LogP contribution is -2.52. The fourth-order valence-electron chi connectivity index (χ4n) is 4.06. The Morgan fingerprint density at radius 2 is 1.75 bits per heavy atom. The summed E-state index contributed by atoms with van der Waals surface area (Å²) in [5.41, 5.74) is 1.23. The molecule has 3 heterocycles. The Labute approximate surface area is 165 Å². The Hall–Kier alpha value is -2.83. The van der Waals surface area contributed by atoms with Gasteiger partial charge in [-0.25, -0.2) is 0 Å². The van der Waals surface area contributed by atoms with Gasteiger partial charge in [-0.1, -0.05) is 18.2 Å². The molecule has 2 aliphatic heterocycles. The predicted octanol–water partition coefficient (Wildman–Crippen LogP) is 2.05. The molecule has 0 unspecified atom stereocenters. The quantitative estimate of drug-likeness (QED) is 0.808. The summed E-state index contributed by atoms with van der Waals surface area (Å²) in [6, 6.07) is 14.1. The van der Waals surface area contributed by atoms with Gasteiger partial charge in [0, 0.05) is 51.0 Å². The molecule has 0 N–H and O–H groups in total. The first-order chi connectivity index (χ1) is 13.7. The van der Waals surface area contributed by atoms with Gasteiger partial charge in [-0.2, -0.15) is 0 Å². The maximum atomic E-state index is 13.1. The fraction of sp³-hybridized carbons (Fsp3) is 0.476. The zero-order valence-electron chi connectivity index (χ0n) is 16.3. The predicted molar refractivity (Wildman–Crippen MR) is 109 cm³/mol. The Balaban J connectivity index is 1.34. The number of hydrogen-bond donors (Lipinski definition) is 0. The highest BCUT2D eigenvalue weighted by molar-refractivity contribution is 5.80. The maximum absolute atomic E-state index is 13.1. The van der Waals surface area contributed by atoms with Crippen LogP contribution in [0.25, 0.3) is 0 Å². The molecule has 7 nitrogen and oxygen atoms in total. The van der Waals surface area contributed by atoms with Gasteiger partial charge >= 0.3 is 0 Å². The highest BCUT2D eigenvalue weighted by atomic mass is 16.5. The number of rotatable bonds is 4. The standard InChI is InChI=1S/C21H27N5O2/c1-28-20-10-9-19(22-23-20)26-11-5-6-17(16-26)21(27)25-14-12-24(13-15-25)18-7-3-2-4-8-18/h2-4,7-10,17H,5-6,11-16H2,1H3/t17-/m0/s1. The number of piperazine rings is 1. The highest BCUT2D eigenvalue weighted by Gasteiger charge is 2.31. The Morgan fingerprint density at radius 1 is 0.964 bits per heavy atom. The molecule has 0 radical (unpaired) electrons. The lowest BCUT2D eigenvalue weighted by Gasteiger charge is -2.39. The molecule has 7 heteroatoms. The molecule has 0 spiro atoms. The van der Waals surface area contributed by atoms with E-state index in [0.717, 1.165) is 51.4 Å². The molecule has 2 aliphatic rings. The number of carbonyl (C=O) groups excluding carboxylic acids is 1. The molecule has 4 rings (SSSR count). The summed E-state index contributed by atoms with van der Waals surface area (Å²) in [5, 5.41) is 8.30. The molecule has 28 heavy (non-hydrogen) atoms. The van der Waals surface area contributed by atoms with Gasteiger partial charge < -0.3 is 19.4 Å². The number of aromatic nitrogens is 2. The smallest absolute Gasteiger partial charge is 0.233 e. The molecule has 1 aromatic carbocycles. The van der Waals surface area contributed by atoms with E-state index in [1.807, 2.05) is 23.1 Å². The average Bonchev–Trinajstić information content (AvgIpc) is 2.79. The van der Waals surface area contributed by atoms with E-state index >= 15 is 0 Å². The second-order valence-corrected chi connectivity index (χ2v) is 7.37. The summed E-state index contributed by atoms with van der Waals surface area (Å²) in [5.74, 6) is 1.62. The molecule has 2 aromatic rings. The summed E-state index contributed by atoms with van der Waals surface area (Å²) in [4.78, 5) is 19.6. The van der Waals surface area contributed by atoms with Crippen LogP contribution < -0.4 is 14.5 Å². The van der Waals surface area contributed by atoms with Crippen LogP contribution in [-0.2, 0) is 4.79 Å². The van der Waals surface area contributed by atoms with Crippen LogP contribution in [-0.4, -0.2) is 67.4 Å². The summed E-state index contributed by atoms with van der Waals surface area (Å²) < 4.78 is 5.08. The Kier molecular flexibility index (Phi) is 5.60. The van der Waals surface area contributed by atoms with E-state index in [9.17, 15) is 4.79 Å². The summed E-state index contributed by atoms with van der Waals surface area (Å²) in [7, 11) is 1.58. The van der Waals surface area contributed by atoms with Crippen LogP contribution in [0.5, 0.6) is 5.88 Å². The van der Waals surface area contributed by atoms with Crippen LogP contribution in [0.3, 0.4) is 0 Å². The van der Waals surface area contributed by atoms with Crippen molar-refractivity contribution in [1.29, 1.82) is 0 Å². The zero-order chi connectivity index (χ0) is 19.3. The molecule has 0 bridgehead atoms. The van der Waals surface area contributed by atoms with Crippen LogP contribution in [0.4, 0.5) is 11.5 Å².